The van der Waals surface area contributed by atoms with E-state index in [1.54, 1.807) is 0 Å². The third kappa shape index (κ3) is 1.56. The van der Waals surface area contributed by atoms with Crippen LogP contribution in [0.3, 0.4) is 0 Å². The smallest absolute Gasteiger partial charge is 0.146 e. The van der Waals surface area contributed by atoms with Crippen molar-refractivity contribution in [3.63, 3.8) is 0 Å². The van der Waals surface area contributed by atoms with Gasteiger partial charge in [0.2, 0.25) is 0 Å². The van der Waals surface area contributed by atoms with E-state index < -0.39 is 0 Å². The second-order valence-electron chi connectivity index (χ2n) is 6.66. The van der Waals surface area contributed by atoms with Crippen molar-refractivity contribution in [2.75, 3.05) is 0 Å². The number of hydrogen-bond acceptors (Lipinski definition) is 1. The molecule has 2 aliphatic rings. The van der Waals surface area contributed by atoms with Crippen LogP contribution in [0, 0.1) is 16.7 Å². The van der Waals surface area contributed by atoms with Gasteiger partial charge in [0.05, 0.1) is 0 Å². The molecule has 0 bridgehead atoms. The second-order valence-corrected chi connectivity index (χ2v) is 6.66. The number of hydrogen-bond donors (Lipinski definition) is 0. The summed E-state index contributed by atoms with van der Waals surface area (Å²) in [6, 6.07) is 0. The average Bonchev–Trinajstić information content (AvgIpc) is 2.15. The summed E-state index contributed by atoms with van der Waals surface area (Å²) in [5.74, 6) is 0.692. The molecule has 2 rings (SSSR count). The van der Waals surface area contributed by atoms with Crippen LogP contribution in [0.5, 0.6) is 0 Å². The number of carbonyl (C=O) groups is 1. The Hall–Kier alpha value is -0.590. The molecule has 90 valence electrons. The van der Waals surface area contributed by atoms with E-state index in [4.69, 9.17) is 0 Å². The molecule has 1 nitrogen and oxygen atoms in total. The molecule has 1 heteroatoms. The Morgan fingerprint density at radius 2 is 1.94 bits per heavy atom. The van der Waals surface area contributed by atoms with Crippen LogP contribution in [0.15, 0.2) is 11.1 Å². The summed E-state index contributed by atoms with van der Waals surface area (Å²) in [6.45, 7) is 9.24. The summed E-state index contributed by atoms with van der Waals surface area (Å²) in [6.07, 6.45) is 7.32. The Labute approximate surface area is 99.3 Å². The summed E-state index contributed by atoms with van der Waals surface area (Å²) >= 11 is 0. The Kier molecular flexibility index (Phi) is 2.76. The van der Waals surface area contributed by atoms with Crippen molar-refractivity contribution in [1.82, 2.24) is 0 Å². The third-order valence-electron chi connectivity index (χ3n) is 5.23. The van der Waals surface area contributed by atoms with Gasteiger partial charge in [-0.3, -0.25) is 4.79 Å². The topological polar surface area (TPSA) is 17.1 Å². The number of rotatable bonds is 1. The highest BCUT2D eigenvalue weighted by Crippen LogP contribution is 2.58. The molecule has 0 aromatic rings. The molecule has 1 fully saturated rings. The Balaban J connectivity index is 2.46. The minimum Gasteiger partial charge on any atom is -0.298 e. The molecule has 0 aromatic heterocycles. The van der Waals surface area contributed by atoms with Crippen LogP contribution < -0.4 is 0 Å². The summed E-state index contributed by atoms with van der Waals surface area (Å²) in [4.78, 5) is 11.4. The lowest BCUT2D eigenvalue weighted by atomic mass is 9.50. The van der Waals surface area contributed by atoms with E-state index in [-0.39, 0.29) is 5.41 Å². The second kappa shape index (κ2) is 3.72. The van der Waals surface area contributed by atoms with E-state index in [0.717, 1.165) is 18.3 Å². The van der Waals surface area contributed by atoms with Crippen molar-refractivity contribution < 1.29 is 4.79 Å². The number of aldehydes is 1. The summed E-state index contributed by atoms with van der Waals surface area (Å²) in [5, 5.41) is 0. The maximum Gasteiger partial charge on any atom is 0.146 e. The van der Waals surface area contributed by atoms with Crippen LogP contribution in [-0.4, -0.2) is 6.29 Å². The van der Waals surface area contributed by atoms with Crippen molar-refractivity contribution >= 4 is 6.29 Å². The molecule has 0 spiro atoms. The van der Waals surface area contributed by atoms with Crippen molar-refractivity contribution in [2.45, 2.75) is 59.8 Å². The van der Waals surface area contributed by atoms with Gasteiger partial charge in [-0.25, -0.2) is 0 Å². The zero-order valence-corrected chi connectivity index (χ0v) is 11.1. The molecule has 0 N–H and O–H groups in total. The molecule has 0 saturated heterocycles. The highest BCUT2D eigenvalue weighted by Gasteiger charge is 2.49. The monoisotopic (exact) mass is 220 g/mol. The third-order valence-corrected chi connectivity index (χ3v) is 5.23. The van der Waals surface area contributed by atoms with Crippen LogP contribution in [-0.2, 0) is 4.79 Å². The maximum atomic E-state index is 11.4. The Morgan fingerprint density at radius 3 is 2.56 bits per heavy atom. The zero-order chi connectivity index (χ0) is 12.0. The van der Waals surface area contributed by atoms with Crippen LogP contribution >= 0.6 is 0 Å². The van der Waals surface area contributed by atoms with E-state index >= 15 is 0 Å². The Bertz CT molecular complexity index is 337. The van der Waals surface area contributed by atoms with Crippen molar-refractivity contribution in [2.24, 2.45) is 16.7 Å². The molecule has 0 radical (unpaired) electrons. The SMILES string of the molecule is CC1=C(C=O)[C@@]2(C)CCCC(C)(C)C2CC1. The molecule has 1 saturated carbocycles. The van der Waals surface area contributed by atoms with E-state index in [0.29, 0.717) is 11.3 Å². The van der Waals surface area contributed by atoms with Gasteiger partial charge in [-0.2, -0.15) is 0 Å². The van der Waals surface area contributed by atoms with Crippen LogP contribution in [0.25, 0.3) is 0 Å². The van der Waals surface area contributed by atoms with Gasteiger partial charge in [0.1, 0.15) is 6.29 Å². The highest BCUT2D eigenvalue weighted by atomic mass is 16.1. The molecule has 0 aliphatic heterocycles. The number of fused-ring (bicyclic) bond motifs is 1. The van der Waals surface area contributed by atoms with E-state index in [2.05, 4.69) is 27.7 Å². The van der Waals surface area contributed by atoms with Crippen molar-refractivity contribution in [1.29, 1.82) is 0 Å². The van der Waals surface area contributed by atoms with Gasteiger partial charge < -0.3 is 0 Å². The predicted octanol–water partition coefficient (Wildman–Crippen LogP) is 4.13. The van der Waals surface area contributed by atoms with Gasteiger partial charge in [0, 0.05) is 0 Å². The van der Waals surface area contributed by atoms with Crippen LogP contribution in [0.2, 0.25) is 0 Å². The van der Waals surface area contributed by atoms with Crippen molar-refractivity contribution in [3.8, 4) is 0 Å². The highest BCUT2D eigenvalue weighted by molar-refractivity contribution is 5.77. The lowest BCUT2D eigenvalue weighted by Crippen LogP contribution is -2.45. The fraction of sp³-hybridized carbons (Fsp3) is 0.800. The Morgan fingerprint density at radius 1 is 1.25 bits per heavy atom. The predicted molar refractivity (Wildman–Crippen MR) is 67.2 cm³/mol. The van der Waals surface area contributed by atoms with Gasteiger partial charge in [0.15, 0.2) is 0 Å². The van der Waals surface area contributed by atoms with E-state index in [1.807, 2.05) is 0 Å². The first-order valence-corrected chi connectivity index (χ1v) is 6.57. The van der Waals surface area contributed by atoms with Gasteiger partial charge in [-0.15, -0.1) is 0 Å². The normalized spacial score (nSPS) is 38.1. The van der Waals surface area contributed by atoms with E-state index in [9.17, 15) is 4.79 Å². The zero-order valence-electron chi connectivity index (χ0n) is 11.1. The average molecular weight is 220 g/mol. The maximum absolute atomic E-state index is 11.4. The van der Waals surface area contributed by atoms with Crippen LogP contribution in [0.4, 0.5) is 0 Å². The number of allylic oxidation sites excluding steroid dienone is 2. The minimum absolute atomic E-state index is 0.159. The molecule has 2 aliphatic carbocycles. The lowest BCUT2D eigenvalue weighted by Gasteiger charge is -2.54. The quantitative estimate of drug-likeness (QED) is 0.607. The number of carbonyl (C=O) groups excluding carboxylic acids is 1. The van der Waals surface area contributed by atoms with Gasteiger partial charge in [-0.05, 0) is 54.9 Å². The molecule has 0 aromatic carbocycles. The minimum atomic E-state index is 0.159. The summed E-state index contributed by atoms with van der Waals surface area (Å²) in [5.41, 5.74) is 3.02. The lowest BCUT2D eigenvalue weighted by molar-refractivity contribution is -0.107. The fourth-order valence-corrected chi connectivity index (χ4v) is 4.37. The van der Waals surface area contributed by atoms with Crippen molar-refractivity contribution in [3.05, 3.63) is 11.1 Å². The van der Waals surface area contributed by atoms with Gasteiger partial charge >= 0.3 is 0 Å². The first kappa shape index (κ1) is 11.9. The van der Waals surface area contributed by atoms with Gasteiger partial charge in [-0.1, -0.05) is 32.8 Å². The molecule has 2 atom stereocenters. The van der Waals surface area contributed by atoms with Gasteiger partial charge in [0.25, 0.3) is 0 Å². The molecule has 16 heavy (non-hydrogen) atoms. The standard InChI is InChI=1S/C15H24O/c1-11-6-7-13-14(2,3)8-5-9-15(13,4)12(11)10-16/h10,13H,5-9H2,1-4H3/t13?,15-/m1/s1. The molecule has 0 amide bonds. The first-order valence-electron chi connectivity index (χ1n) is 6.57. The summed E-state index contributed by atoms with van der Waals surface area (Å²) < 4.78 is 0. The molecule has 1 unspecified atom stereocenters. The summed E-state index contributed by atoms with van der Waals surface area (Å²) in [7, 11) is 0. The van der Waals surface area contributed by atoms with Crippen LogP contribution in [0.1, 0.15) is 59.8 Å². The largest absolute Gasteiger partial charge is 0.298 e. The first-order chi connectivity index (χ1) is 7.42. The molecular weight excluding hydrogens is 196 g/mol. The van der Waals surface area contributed by atoms with E-state index in [1.165, 1.54) is 31.3 Å². The fourth-order valence-electron chi connectivity index (χ4n) is 4.37. The molecule has 0 heterocycles. The molecular formula is C15H24O.